The molecule has 2 amide bonds. The normalized spacial score (nSPS) is 15.1. The first kappa shape index (κ1) is 20.2. The van der Waals surface area contributed by atoms with Crippen LogP contribution in [0.2, 0.25) is 0 Å². The van der Waals surface area contributed by atoms with Gasteiger partial charge in [0.2, 0.25) is 0 Å². The SMILES string of the molecule is CCCN1CCCN(C(=O)Nc2ccc(OCc3ccccc3)cc2C)CC1. The Morgan fingerprint density at radius 3 is 2.64 bits per heavy atom. The lowest BCUT2D eigenvalue weighted by Crippen LogP contribution is -2.38. The van der Waals surface area contributed by atoms with Gasteiger partial charge < -0.3 is 19.9 Å². The van der Waals surface area contributed by atoms with Gasteiger partial charge in [0, 0.05) is 25.3 Å². The minimum absolute atomic E-state index is 0.0144. The fourth-order valence-corrected chi connectivity index (χ4v) is 3.52. The molecule has 28 heavy (non-hydrogen) atoms. The molecule has 1 aliphatic heterocycles. The molecule has 2 aromatic rings. The van der Waals surface area contributed by atoms with Crippen molar-refractivity contribution < 1.29 is 9.53 Å². The van der Waals surface area contributed by atoms with E-state index < -0.39 is 0 Å². The van der Waals surface area contributed by atoms with Gasteiger partial charge in [0.05, 0.1) is 0 Å². The van der Waals surface area contributed by atoms with Crippen LogP contribution in [0, 0.1) is 6.92 Å². The Labute approximate surface area is 168 Å². The highest BCUT2D eigenvalue weighted by Gasteiger charge is 2.19. The predicted molar refractivity (Wildman–Crippen MR) is 114 cm³/mol. The quantitative estimate of drug-likeness (QED) is 0.800. The second-order valence-corrected chi connectivity index (χ2v) is 7.36. The third-order valence-corrected chi connectivity index (χ3v) is 5.10. The van der Waals surface area contributed by atoms with Crippen molar-refractivity contribution in [2.24, 2.45) is 0 Å². The summed E-state index contributed by atoms with van der Waals surface area (Å²) in [5.74, 6) is 0.810. The summed E-state index contributed by atoms with van der Waals surface area (Å²) in [6, 6.07) is 15.9. The number of urea groups is 1. The van der Waals surface area contributed by atoms with Crippen LogP contribution in [0.15, 0.2) is 48.5 Å². The van der Waals surface area contributed by atoms with Crippen molar-refractivity contribution in [1.29, 1.82) is 0 Å². The van der Waals surface area contributed by atoms with Crippen LogP contribution >= 0.6 is 0 Å². The number of hydrogen-bond donors (Lipinski definition) is 1. The van der Waals surface area contributed by atoms with E-state index in [1.54, 1.807) is 0 Å². The topological polar surface area (TPSA) is 44.8 Å². The first-order valence-electron chi connectivity index (χ1n) is 10.2. The van der Waals surface area contributed by atoms with Crippen LogP contribution in [-0.4, -0.2) is 48.6 Å². The van der Waals surface area contributed by atoms with Gasteiger partial charge in [0.25, 0.3) is 0 Å². The molecule has 0 bridgehead atoms. The largest absolute Gasteiger partial charge is 0.489 e. The van der Waals surface area contributed by atoms with E-state index in [4.69, 9.17) is 4.74 Å². The Bertz CT molecular complexity index is 764. The molecule has 2 aromatic carbocycles. The molecule has 1 fully saturated rings. The number of nitrogens with zero attached hydrogens (tertiary/aromatic N) is 2. The lowest BCUT2D eigenvalue weighted by atomic mass is 10.2. The predicted octanol–water partition coefficient (Wildman–Crippen LogP) is 4.52. The van der Waals surface area contributed by atoms with Crippen molar-refractivity contribution in [3.63, 3.8) is 0 Å². The molecule has 5 nitrogen and oxygen atoms in total. The van der Waals surface area contributed by atoms with Gasteiger partial charge in [0.15, 0.2) is 0 Å². The standard InChI is InChI=1S/C23H31N3O2/c1-3-12-25-13-7-14-26(16-15-25)23(27)24-22-11-10-21(17-19(22)2)28-18-20-8-5-4-6-9-20/h4-6,8-11,17H,3,7,12-16,18H2,1-2H3,(H,24,27). The van der Waals surface area contributed by atoms with Gasteiger partial charge in [-0.15, -0.1) is 0 Å². The summed E-state index contributed by atoms with van der Waals surface area (Å²) in [6.45, 7) is 9.46. The minimum atomic E-state index is -0.0144. The van der Waals surface area contributed by atoms with Crippen molar-refractivity contribution in [3.05, 3.63) is 59.7 Å². The van der Waals surface area contributed by atoms with Crippen LogP contribution in [0.3, 0.4) is 0 Å². The van der Waals surface area contributed by atoms with Crippen LogP contribution in [0.1, 0.15) is 30.9 Å². The van der Waals surface area contributed by atoms with Crippen LogP contribution in [0.25, 0.3) is 0 Å². The Balaban J connectivity index is 1.54. The maximum Gasteiger partial charge on any atom is 0.321 e. The van der Waals surface area contributed by atoms with Gasteiger partial charge in [-0.1, -0.05) is 37.3 Å². The lowest BCUT2D eigenvalue weighted by molar-refractivity contribution is 0.211. The highest BCUT2D eigenvalue weighted by atomic mass is 16.5. The monoisotopic (exact) mass is 381 g/mol. The number of anilines is 1. The molecule has 1 saturated heterocycles. The summed E-state index contributed by atoms with van der Waals surface area (Å²) < 4.78 is 5.87. The summed E-state index contributed by atoms with van der Waals surface area (Å²) in [4.78, 5) is 17.1. The van der Waals surface area contributed by atoms with Gasteiger partial charge >= 0.3 is 6.03 Å². The Kier molecular flexibility index (Phi) is 7.31. The molecule has 0 radical (unpaired) electrons. The van der Waals surface area contributed by atoms with Crippen molar-refractivity contribution in [2.45, 2.75) is 33.3 Å². The molecule has 0 aliphatic carbocycles. The molecule has 0 atom stereocenters. The number of benzene rings is 2. The van der Waals surface area contributed by atoms with E-state index in [-0.39, 0.29) is 6.03 Å². The zero-order valence-electron chi connectivity index (χ0n) is 17.0. The molecule has 0 unspecified atom stereocenters. The molecule has 1 heterocycles. The number of carbonyl (C=O) groups is 1. The Hall–Kier alpha value is -2.53. The van der Waals surface area contributed by atoms with E-state index in [1.165, 1.54) is 0 Å². The smallest absolute Gasteiger partial charge is 0.321 e. The summed E-state index contributed by atoms with van der Waals surface area (Å²) in [7, 11) is 0. The zero-order valence-corrected chi connectivity index (χ0v) is 17.0. The van der Waals surface area contributed by atoms with Crippen molar-refractivity contribution in [3.8, 4) is 5.75 Å². The average Bonchev–Trinajstić information content (AvgIpc) is 2.95. The maximum atomic E-state index is 12.7. The van der Waals surface area contributed by atoms with Crippen LogP contribution < -0.4 is 10.1 Å². The van der Waals surface area contributed by atoms with E-state index in [9.17, 15) is 4.79 Å². The second-order valence-electron chi connectivity index (χ2n) is 7.36. The third-order valence-electron chi connectivity index (χ3n) is 5.10. The molecule has 3 rings (SSSR count). The highest BCUT2D eigenvalue weighted by Crippen LogP contribution is 2.23. The van der Waals surface area contributed by atoms with Crippen LogP contribution in [0.5, 0.6) is 5.75 Å². The van der Waals surface area contributed by atoms with Gasteiger partial charge in [-0.3, -0.25) is 0 Å². The number of aryl methyl sites for hydroxylation is 1. The maximum absolute atomic E-state index is 12.7. The minimum Gasteiger partial charge on any atom is -0.489 e. The number of ether oxygens (including phenoxy) is 1. The van der Waals surface area contributed by atoms with Crippen LogP contribution in [0.4, 0.5) is 10.5 Å². The van der Waals surface area contributed by atoms with Crippen molar-refractivity contribution in [1.82, 2.24) is 9.80 Å². The fraction of sp³-hybridized carbons (Fsp3) is 0.435. The van der Waals surface area contributed by atoms with Gasteiger partial charge in [0.1, 0.15) is 12.4 Å². The molecule has 0 spiro atoms. The molecule has 0 aromatic heterocycles. The van der Waals surface area contributed by atoms with Gasteiger partial charge in [-0.2, -0.15) is 0 Å². The second kappa shape index (κ2) is 10.1. The average molecular weight is 382 g/mol. The number of amides is 2. The van der Waals surface area contributed by atoms with Gasteiger partial charge in [-0.25, -0.2) is 4.79 Å². The summed E-state index contributed by atoms with van der Waals surface area (Å²) in [5.41, 5.74) is 2.98. The summed E-state index contributed by atoms with van der Waals surface area (Å²) in [6.07, 6.45) is 2.18. The number of carbonyl (C=O) groups excluding carboxylic acids is 1. The highest BCUT2D eigenvalue weighted by molar-refractivity contribution is 5.90. The first-order chi connectivity index (χ1) is 13.7. The van der Waals surface area contributed by atoms with E-state index in [1.807, 2.05) is 60.4 Å². The van der Waals surface area contributed by atoms with Crippen LogP contribution in [-0.2, 0) is 6.61 Å². The fourth-order valence-electron chi connectivity index (χ4n) is 3.52. The molecule has 1 aliphatic rings. The number of hydrogen-bond acceptors (Lipinski definition) is 3. The lowest BCUT2D eigenvalue weighted by Gasteiger charge is -2.22. The molecular formula is C23H31N3O2. The van der Waals surface area contributed by atoms with Crippen molar-refractivity contribution >= 4 is 11.7 Å². The Morgan fingerprint density at radius 2 is 1.89 bits per heavy atom. The summed E-state index contributed by atoms with van der Waals surface area (Å²) >= 11 is 0. The van der Waals surface area contributed by atoms with E-state index in [2.05, 4.69) is 17.1 Å². The van der Waals surface area contributed by atoms with E-state index >= 15 is 0 Å². The zero-order chi connectivity index (χ0) is 19.8. The van der Waals surface area contributed by atoms with E-state index in [0.29, 0.717) is 6.61 Å². The van der Waals surface area contributed by atoms with Crippen molar-refractivity contribution in [2.75, 3.05) is 38.0 Å². The van der Waals surface area contributed by atoms with Gasteiger partial charge in [-0.05, 0) is 62.2 Å². The number of nitrogens with one attached hydrogen (secondary N) is 1. The molecule has 150 valence electrons. The molecule has 5 heteroatoms. The Morgan fingerprint density at radius 1 is 1.07 bits per heavy atom. The first-order valence-corrected chi connectivity index (χ1v) is 10.2. The molecule has 0 saturated carbocycles. The molecule has 1 N–H and O–H groups in total. The molecular weight excluding hydrogens is 350 g/mol. The third kappa shape index (κ3) is 5.73. The van der Waals surface area contributed by atoms with E-state index in [0.717, 1.165) is 68.1 Å². The summed E-state index contributed by atoms with van der Waals surface area (Å²) in [5, 5.41) is 3.07. The number of rotatable bonds is 6.